The van der Waals surface area contributed by atoms with E-state index in [0.29, 0.717) is 39.6 Å². The minimum absolute atomic E-state index is 0.00231. The molecule has 3 aromatic rings. The Labute approximate surface area is 740 Å². The standard InChI is InChI=1S/2C9H17N3O2S.2C8H19N3O2S.C8H16N2OS.2C7H16O3.C5H8ClN3O.C4H11NOS.C3H6O.H3NO/c2*1-8(2,3)15(13)12-9(4,5)7-10-6-14-11-7;2*1-7(2,3)14(13)11-8(4,5)6(9)10-12;1-7(2,3)12(11)10-8(4,5)6-9;2*1-4-8-7(9-5-2)10-6-3;1-5(2,9-6)4-7-3-10-8-4;1-4(2,3)7(5)6;1-3(2)4;1-2/h2*6,12H,1-5H3;2*11-12H,1-5H3,(H2,9,10);10H,1-5H3;2*7H,4-6H2,1-3H3;3,9H,1-2H3;5H2,1-3H3;1-2H3;2H,1H2/t2*15-;2*14-;12-;;;;7-;;/m00000...0../s1/i4D3,5D3,6D;3*4D3,5D3;;7D;;1D3;;1D3;. The molecule has 0 aliphatic rings. The first-order chi connectivity index (χ1) is 64.1. The van der Waals surface area contributed by atoms with Gasteiger partial charge >= 0.3 is 0 Å². The van der Waals surface area contributed by atoms with Crippen LogP contribution in [-0.2, 0) is 116 Å². The number of halogens is 1. The first kappa shape index (κ1) is 71.6. The Hall–Kier alpha value is -4.29. The fourth-order valence-electron chi connectivity index (χ4n) is 4.02. The molecule has 0 saturated heterocycles. The molecule has 7 atom stereocenters. The first-order valence-corrected chi connectivity index (χ1v) is 40.2. The molecular formula is C68H148ClN19O19S6. The summed E-state index contributed by atoms with van der Waals surface area (Å²) in [5, 5.41) is 52.7. The van der Waals surface area contributed by atoms with E-state index in [1.807, 2.05) is 77.8 Å². The van der Waals surface area contributed by atoms with Crippen LogP contribution in [0.15, 0.2) is 43.0 Å². The van der Waals surface area contributed by atoms with Crippen LogP contribution in [0, 0.1) is 11.3 Å². The number of nitrogens with zero attached hydrogens (tertiary/aromatic N) is 9. The number of nitrogens with two attached hydrogens (primary N) is 4. The summed E-state index contributed by atoms with van der Waals surface area (Å²) in [6, 6.07) is 2.04. The van der Waals surface area contributed by atoms with Gasteiger partial charge in [-0.3, -0.25) is 5.14 Å². The van der Waals surface area contributed by atoms with E-state index in [1.54, 1.807) is 76.2 Å². The molecule has 3 aromatic heterocycles. The predicted molar refractivity (Wildman–Crippen MR) is 453 cm³/mol. The van der Waals surface area contributed by atoms with E-state index >= 15 is 0 Å². The third-order valence-electron chi connectivity index (χ3n) is 10.0. The van der Waals surface area contributed by atoms with Crippen molar-refractivity contribution in [2.24, 2.45) is 32.8 Å². The quantitative estimate of drug-likeness (QED) is 0.00803. The number of amidine groups is 2. The number of nitrogens with one attached hydrogen (secondary N) is 6. The predicted octanol–water partition coefficient (Wildman–Crippen LogP) is 9.32. The van der Waals surface area contributed by atoms with Crippen LogP contribution in [0.25, 0.3) is 0 Å². The maximum Gasteiger partial charge on any atom is 0.271 e. The third kappa shape index (κ3) is 65.4. The fraction of sp³-hybridized carbons (Fsp3) is 0.853. The summed E-state index contributed by atoms with van der Waals surface area (Å²) in [4.78, 5) is 22.7. The molecule has 17 N–H and O–H groups in total. The second kappa shape index (κ2) is 60.2. The molecule has 3 rings (SSSR count). The van der Waals surface area contributed by atoms with Gasteiger partial charge in [0.15, 0.2) is 29.1 Å². The van der Waals surface area contributed by atoms with Crippen molar-refractivity contribution in [3.05, 3.63) is 36.6 Å². The highest BCUT2D eigenvalue weighted by atomic mass is 35.5. The van der Waals surface area contributed by atoms with Gasteiger partial charge in [0.1, 0.15) is 14.1 Å². The van der Waals surface area contributed by atoms with Gasteiger partial charge in [0.25, 0.3) is 12.9 Å². The van der Waals surface area contributed by atoms with E-state index in [2.05, 4.69) is 79.2 Å². The maximum absolute atomic E-state index is 12.3. The Morgan fingerprint density at radius 2 is 0.779 bits per heavy atom. The van der Waals surface area contributed by atoms with Crippen LogP contribution < -0.4 is 50.9 Å². The molecule has 0 amide bonds. The number of ether oxygens (including phenoxy) is 6. The first-order valence-electron chi connectivity index (χ1n) is 48.9. The average molecular weight is 1800 g/mol. The summed E-state index contributed by atoms with van der Waals surface area (Å²) < 4.78 is 357. The van der Waals surface area contributed by atoms with Gasteiger partial charge in [-0.2, -0.15) is 20.2 Å². The van der Waals surface area contributed by atoms with Crippen molar-refractivity contribution >= 4 is 95.1 Å². The van der Waals surface area contributed by atoms with E-state index in [4.69, 9.17) is 122 Å². The second-order valence-corrected chi connectivity index (χ2v) is 39.6. The molecular weight excluding hydrogens is 1610 g/mol. The molecule has 672 valence electrons. The molecule has 0 fully saturated rings. The van der Waals surface area contributed by atoms with Crippen molar-refractivity contribution in [1.82, 2.24) is 58.9 Å². The lowest BCUT2D eigenvalue weighted by Gasteiger charge is -2.28. The lowest BCUT2D eigenvalue weighted by atomic mass is 10.1. The van der Waals surface area contributed by atoms with Gasteiger partial charge < -0.3 is 73.9 Å². The normalized spacial score (nSPS) is 19.9. The zero-order chi connectivity index (χ0) is 118. The number of rotatable bonds is 28. The highest BCUT2D eigenvalue weighted by Gasteiger charge is 2.35. The number of carbonyl (C=O) groups is 1. The van der Waals surface area contributed by atoms with Gasteiger partial charge in [-0.25, -0.2) is 59.6 Å². The summed E-state index contributed by atoms with van der Waals surface area (Å²) in [7, 11) is -10.5. The molecule has 113 heavy (non-hydrogen) atoms. The van der Waals surface area contributed by atoms with Crippen LogP contribution in [0.3, 0.4) is 0 Å². The van der Waals surface area contributed by atoms with Gasteiger partial charge in [-0.05, 0) is 274 Å². The van der Waals surface area contributed by atoms with Gasteiger partial charge in [-0.1, -0.05) is 25.8 Å². The molecule has 0 saturated carbocycles. The topological polar surface area (TPSA) is 577 Å². The SMILES string of the molecule is CC(C)(C#N)N[S@@](=O)C(C)(C)C.CC(C)(C)[S@@](N)=O.CCOC(OCC)OCC.NO.[2H]C(OCC)(OCC)OCC.[2H]C([2H])([2H])C(C)(NCl)c1ncon1.[2H]C([2H])([2H])C(C)=O.[2H]C([2H])([2H])C(N[S@@](=O)C(C)(C)C)(/C(N)=N/O)C([2H])([2H])[2H].[2H]C([2H])([2H])C(N[S@@](=O)C(C)(C)C)(/C(N)=N/O)C([2H])([2H])[2H].[2H]C([2H])([2H])C(N[S@@](=O)C(C)(C)C)(c1ncon1)C([2H])([2H])[2H].[2H]c1nc(C(N[S@@](=O)C(C)(C)C)(C([2H])([2H])[2H])C([2H])([2H])[2H])no1. The van der Waals surface area contributed by atoms with Crippen LogP contribution >= 0.6 is 11.8 Å². The van der Waals surface area contributed by atoms with E-state index in [9.17, 15) is 30.0 Å². The molecule has 45 heteroatoms. The molecule has 0 aliphatic heterocycles. The van der Waals surface area contributed by atoms with Gasteiger partial charge in [0, 0.05) is 80.8 Å². The van der Waals surface area contributed by atoms with Crippen molar-refractivity contribution in [1.29, 1.82) is 5.26 Å². The number of carbonyl (C=O) groups excluding carboxylic acids is 1. The van der Waals surface area contributed by atoms with Crippen LogP contribution in [0.2, 0.25) is 0 Å². The molecule has 0 aromatic carbocycles. The lowest BCUT2D eigenvalue weighted by Crippen LogP contribution is -2.54. The Kier molecular flexibility index (Phi) is 38.2. The number of nitriles is 1. The molecule has 1 unspecified atom stereocenters. The Morgan fingerprint density at radius 1 is 0.513 bits per heavy atom. The number of oxime groups is 2. The van der Waals surface area contributed by atoms with E-state index in [-0.39, 0.29) is 15.3 Å². The number of hydrogen-bond donors (Lipinski definition) is 13. The number of aromatic nitrogens is 6. The number of hydrogen-bond acceptors (Lipinski definition) is 30. The van der Waals surface area contributed by atoms with Crippen molar-refractivity contribution in [2.45, 2.75) is 337 Å². The molecule has 0 radical (unpaired) electrons. The van der Waals surface area contributed by atoms with Crippen LogP contribution in [0.4, 0.5) is 0 Å². The van der Waals surface area contributed by atoms with Crippen LogP contribution in [0.1, 0.15) is 324 Å². The van der Waals surface area contributed by atoms with Gasteiger partial charge in [0.05, 0.1) is 128 Å². The Morgan fingerprint density at radius 3 is 0.973 bits per heavy atom. The number of ketones is 1. The number of Topliss-reactive ketones (excluding diaryl/α,β-unsaturated/α-hetero) is 1. The van der Waals surface area contributed by atoms with E-state index in [1.165, 1.54) is 48.5 Å². The highest BCUT2D eigenvalue weighted by Crippen LogP contribution is 2.23. The zero-order valence-corrected chi connectivity index (χ0v) is 75.2. The van der Waals surface area contributed by atoms with Crippen molar-refractivity contribution in [3.63, 3.8) is 0 Å². The zero-order valence-electron chi connectivity index (χ0n) is 102. The fourth-order valence-corrected chi connectivity index (χ4v) is 7.65. The summed E-state index contributed by atoms with van der Waals surface area (Å²) >= 11 is 5.35. The molecule has 3 heterocycles. The van der Waals surface area contributed by atoms with E-state index in [0.717, 1.165) is 19.7 Å². The highest BCUT2D eigenvalue weighted by molar-refractivity contribution is 7.85. The maximum atomic E-state index is 12.3. The monoisotopic (exact) mass is 1790 g/mol. The van der Waals surface area contributed by atoms with Gasteiger partial charge in [0.2, 0.25) is 19.2 Å². The van der Waals surface area contributed by atoms with Crippen molar-refractivity contribution < 1.29 is 132 Å². The largest absolute Gasteiger partial charge is 0.409 e. The summed E-state index contributed by atoms with van der Waals surface area (Å²) in [6.45, 7) is 17.4. The summed E-state index contributed by atoms with van der Waals surface area (Å²) in [5.74, 6) is -0.740. The molecule has 0 bridgehead atoms. The second-order valence-electron chi connectivity index (χ2n) is 27.7. The minimum Gasteiger partial charge on any atom is -0.409 e. The molecule has 38 nitrogen and oxygen atoms in total. The van der Waals surface area contributed by atoms with Crippen molar-refractivity contribution in [2.75, 3.05) is 39.6 Å². The van der Waals surface area contributed by atoms with E-state index < -0.39 is 235 Å². The minimum atomic E-state index is -3.21. The molecule has 0 aliphatic carbocycles. The van der Waals surface area contributed by atoms with Crippen LogP contribution in [0.5, 0.6) is 0 Å². The summed E-state index contributed by atoms with van der Waals surface area (Å²) in [6.07, 6.45) is 1.13. The van der Waals surface area contributed by atoms with Gasteiger partial charge in [-0.15, -0.1) is 0 Å². The average Bonchev–Trinajstić information content (AvgIpc) is 1.44. The lowest BCUT2D eigenvalue weighted by molar-refractivity contribution is -0.283. The van der Waals surface area contributed by atoms with Crippen molar-refractivity contribution in [3.8, 4) is 6.07 Å². The smallest absolute Gasteiger partial charge is 0.271 e. The summed E-state index contributed by atoms with van der Waals surface area (Å²) in [5.41, 5.74) is -2.95. The molecule has 0 spiro atoms. The third-order valence-corrected chi connectivity index (χ3v) is 19.8. The van der Waals surface area contributed by atoms with Crippen LogP contribution in [-0.4, -0.2) is 186 Å². The Balaban J connectivity index is -0.000000244. The Bertz CT molecular complexity index is 4260.